The maximum Gasteiger partial charge on any atom is 0.268 e. The van der Waals surface area contributed by atoms with Crippen LogP contribution in [-0.2, 0) is 18.4 Å². The molecule has 0 spiro atoms. The van der Waals surface area contributed by atoms with Crippen LogP contribution < -0.4 is 10.2 Å². The van der Waals surface area contributed by atoms with Gasteiger partial charge < -0.3 is 28.8 Å². The summed E-state index contributed by atoms with van der Waals surface area (Å²) in [4.78, 5) is 25.0. The van der Waals surface area contributed by atoms with Gasteiger partial charge in [0.1, 0.15) is 13.2 Å². The molecule has 2 N–H and O–H groups in total. The van der Waals surface area contributed by atoms with Gasteiger partial charge in [-0.15, -0.1) is 0 Å². The number of quaternary nitrogens is 1. The summed E-state index contributed by atoms with van der Waals surface area (Å²) in [5, 5.41) is 13.6. The van der Waals surface area contributed by atoms with Crippen molar-refractivity contribution in [2.24, 2.45) is 0 Å². The molecule has 0 aliphatic carbocycles. The van der Waals surface area contributed by atoms with Crippen LogP contribution in [0.5, 0.6) is 0 Å². The number of phosphoric ester groups is 1. The zero-order valence-electron chi connectivity index (χ0n) is 31.4. The Hall–Kier alpha value is -1.54. The van der Waals surface area contributed by atoms with E-state index in [1.807, 2.05) is 21.1 Å². The Morgan fingerprint density at radius 1 is 0.750 bits per heavy atom. The van der Waals surface area contributed by atoms with Crippen LogP contribution in [-0.4, -0.2) is 68.5 Å². The van der Waals surface area contributed by atoms with E-state index in [9.17, 15) is 19.4 Å². The van der Waals surface area contributed by atoms with E-state index in [0.29, 0.717) is 23.9 Å². The largest absolute Gasteiger partial charge is 0.756 e. The average Bonchev–Trinajstić information content (AvgIpc) is 3.02. The summed E-state index contributed by atoms with van der Waals surface area (Å²) in [7, 11) is 1.28. The van der Waals surface area contributed by atoms with Crippen molar-refractivity contribution in [3.05, 3.63) is 48.6 Å². The molecule has 3 atom stereocenters. The number of carbonyl (C=O) groups is 1. The number of aliphatic hydroxyl groups excluding tert-OH is 1. The van der Waals surface area contributed by atoms with Gasteiger partial charge in [-0.3, -0.25) is 9.36 Å². The molecule has 0 aliphatic rings. The second-order valence-corrected chi connectivity index (χ2v) is 15.3. The number of aliphatic hydroxyl groups is 1. The predicted molar refractivity (Wildman–Crippen MR) is 201 cm³/mol. The van der Waals surface area contributed by atoms with E-state index in [2.05, 4.69) is 67.8 Å². The molecule has 0 aromatic rings. The third-order valence-corrected chi connectivity index (χ3v) is 9.05. The van der Waals surface area contributed by atoms with Gasteiger partial charge >= 0.3 is 0 Å². The molecular weight excluding hydrogens is 623 g/mol. The maximum absolute atomic E-state index is 12.7. The molecule has 0 aliphatic heterocycles. The maximum atomic E-state index is 12.7. The molecule has 0 radical (unpaired) electrons. The lowest BCUT2D eigenvalue weighted by molar-refractivity contribution is -0.870. The number of amides is 1. The Labute approximate surface area is 295 Å². The lowest BCUT2D eigenvalue weighted by atomic mass is 10.0. The number of unbranched alkanes of at least 4 members (excludes halogenated alkanes) is 12. The molecule has 0 aromatic heterocycles. The normalized spacial score (nSPS) is 15.2. The van der Waals surface area contributed by atoms with Gasteiger partial charge in [-0.05, 0) is 51.4 Å². The average molecular weight is 697 g/mol. The SMILES string of the molecule is CC/C=C\C/C=C\C/C=C\C/C=C\CCCCCCCCCCC(=O)NC(COP(=O)([O-])OCC[N+](C)(C)C)C(O)CCCCCCC. The predicted octanol–water partition coefficient (Wildman–Crippen LogP) is 9.11. The molecule has 1 amide bonds. The lowest BCUT2D eigenvalue weighted by Crippen LogP contribution is -2.46. The van der Waals surface area contributed by atoms with Gasteiger partial charge in [0.2, 0.25) is 5.91 Å². The van der Waals surface area contributed by atoms with Gasteiger partial charge in [0.25, 0.3) is 7.82 Å². The number of carbonyl (C=O) groups excluding carboxylic acids is 1. The van der Waals surface area contributed by atoms with Crippen molar-refractivity contribution >= 4 is 13.7 Å². The van der Waals surface area contributed by atoms with E-state index in [-0.39, 0.29) is 19.1 Å². The van der Waals surface area contributed by atoms with Gasteiger partial charge in [0.15, 0.2) is 0 Å². The number of nitrogens with zero attached hydrogens (tertiary/aromatic N) is 1. The minimum Gasteiger partial charge on any atom is -0.756 e. The third kappa shape index (κ3) is 33.0. The number of nitrogens with one attached hydrogen (secondary N) is 1. The van der Waals surface area contributed by atoms with Crippen LogP contribution in [0.3, 0.4) is 0 Å². The van der Waals surface area contributed by atoms with E-state index in [1.54, 1.807) is 0 Å². The molecule has 0 fully saturated rings. The molecule has 0 rings (SSSR count). The van der Waals surface area contributed by atoms with Crippen LogP contribution in [0.25, 0.3) is 0 Å². The highest BCUT2D eigenvalue weighted by Gasteiger charge is 2.24. The summed E-state index contributed by atoms with van der Waals surface area (Å²) in [5.41, 5.74) is 0. The Kier molecular flexibility index (Phi) is 30.4. The van der Waals surface area contributed by atoms with Crippen molar-refractivity contribution in [1.82, 2.24) is 5.32 Å². The second kappa shape index (κ2) is 31.4. The Balaban J connectivity index is 4.19. The van der Waals surface area contributed by atoms with Crippen molar-refractivity contribution < 1.29 is 32.9 Å². The van der Waals surface area contributed by atoms with Crippen molar-refractivity contribution in [3.63, 3.8) is 0 Å². The fourth-order valence-electron chi connectivity index (χ4n) is 5.03. The summed E-state index contributed by atoms with van der Waals surface area (Å²) < 4.78 is 23.0. The summed E-state index contributed by atoms with van der Waals surface area (Å²) >= 11 is 0. The Morgan fingerprint density at radius 3 is 1.85 bits per heavy atom. The topological polar surface area (TPSA) is 108 Å². The first-order chi connectivity index (χ1) is 23.0. The lowest BCUT2D eigenvalue weighted by Gasteiger charge is -2.30. The smallest absolute Gasteiger partial charge is 0.268 e. The van der Waals surface area contributed by atoms with Crippen molar-refractivity contribution in [3.8, 4) is 0 Å². The summed E-state index contributed by atoms with van der Waals surface area (Å²) in [6.45, 7) is 4.48. The fraction of sp³-hybridized carbons (Fsp3) is 0.769. The molecule has 0 bridgehead atoms. The van der Waals surface area contributed by atoms with E-state index in [0.717, 1.165) is 83.5 Å². The molecule has 48 heavy (non-hydrogen) atoms. The molecule has 280 valence electrons. The highest BCUT2D eigenvalue weighted by molar-refractivity contribution is 7.45. The van der Waals surface area contributed by atoms with E-state index >= 15 is 0 Å². The van der Waals surface area contributed by atoms with Crippen LogP contribution in [0.2, 0.25) is 0 Å². The molecule has 0 saturated heterocycles. The van der Waals surface area contributed by atoms with Crippen molar-refractivity contribution in [2.75, 3.05) is 40.9 Å². The molecule has 3 unspecified atom stereocenters. The molecule has 8 nitrogen and oxygen atoms in total. The minimum atomic E-state index is -4.55. The molecule has 0 saturated carbocycles. The van der Waals surface area contributed by atoms with E-state index < -0.39 is 20.0 Å². The minimum absolute atomic E-state index is 0.00726. The quantitative estimate of drug-likeness (QED) is 0.0307. The highest BCUT2D eigenvalue weighted by atomic mass is 31.2. The molecule has 0 aromatic carbocycles. The number of allylic oxidation sites excluding steroid dienone is 8. The van der Waals surface area contributed by atoms with E-state index in [4.69, 9.17) is 9.05 Å². The number of hydrogen-bond acceptors (Lipinski definition) is 6. The first-order valence-corrected chi connectivity index (χ1v) is 20.4. The summed E-state index contributed by atoms with van der Waals surface area (Å²) in [6.07, 6.45) is 37.2. The third-order valence-electron chi connectivity index (χ3n) is 8.08. The van der Waals surface area contributed by atoms with Gasteiger partial charge in [0, 0.05) is 6.42 Å². The van der Waals surface area contributed by atoms with E-state index in [1.165, 1.54) is 32.1 Å². The fourth-order valence-corrected chi connectivity index (χ4v) is 5.75. The van der Waals surface area contributed by atoms with Crippen molar-refractivity contribution in [2.45, 2.75) is 154 Å². The molecular formula is C39H73N2O6P. The molecule has 0 heterocycles. The van der Waals surface area contributed by atoms with Crippen LogP contribution in [0.15, 0.2) is 48.6 Å². The first kappa shape index (κ1) is 46.5. The first-order valence-electron chi connectivity index (χ1n) is 19.0. The standard InChI is InChI=1S/C39H73N2O6P/c1-6-8-10-12-13-14-15-16-17-18-19-20-21-22-23-24-25-26-27-29-31-33-39(43)40-37(38(42)32-30-28-11-9-7-2)36-47-48(44,45)46-35-34-41(3,4)5/h8,10,13-14,16-17,19-20,37-38,42H,6-7,9,11-12,15,18,21-36H2,1-5H3,(H-,40,43,44,45)/b10-8-,14-13-,17-16-,20-19-. The zero-order valence-corrected chi connectivity index (χ0v) is 32.3. The van der Waals surface area contributed by atoms with Gasteiger partial charge in [0.05, 0.1) is 39.9 Å². The van der Waals surface area contributed by atoms with Crippen LogP contribution >= 0.6 is 7.82 Å². The zero-order chi connectivity index (χ0) is 35.8. The summed E-state index contributed by atoms with van der Waals surface area (Å²) in [5.74, 6) is -0.184. The Morgan fingerprint density at radius 2 is 1.27 bits per heavy atom. The van der Waals surface area contributed by atoms with Crippen molar-refractivity contribution in [1.29, 1.82) is 0 Å². The number of hydrogen-bond donors (Lipinski definition) is 2. The number of phosphoric acid groups is 1. The van der Waals surface area contributed by atoms with Crippen LogP contribution in [0, 0.1) is 0 Å². The highest BCUT2D eigenvalue weighted by Crippen LogP contribution is 2.38. The van der Waals surface area contributed by atoms with Gasteiger partial charge in [-0.1, -0.05) is 133 Å². The molecule has 9 heteroatoms. The van der Waals surface area contributed by atoms with Gasteiger partial charge in [-0.25, -0.2) is 0 Å². The summed E-state index contributed by atoms with van der Waals surface area (Å²) in [6, 6.07) is -0.801. The van der Waals surface area contributed by atoms with Gasteiger partial charge in [-0.2, -0.15) is 0 Å². The van der Waals surface area contributed by atoms with Crippen LogP contribution in [0.4, 0.5) is 0 Å². The number of likely N-dealkylation sites (N-methyl/N-ethyl adjacent to an activating group) is 1. The number of rotatable bonds is 33. The monoisotopic (exact) mass is 697 g/mol. The Bertz CT molecular complexity index is 928. The second-order valence-electron chi connectivity index (χ2n) is 13.9. The van der Waals surface area contributed by atoms with Crippen LogP contribution in [0.1, 0.15) is 142 Å².